The van der Waals surface area contributed by atoms with Gasteiger partial charge in [0.25, 0.3) is 0 Å². The van der Waals surface area contributed by atoms with E-state index in [1.807, 2.05) is 0 Å². The van der Waals surface area contributed by atoms with Crippen LogP contribution >= 0.6 is 0 Å². The van der Waals surface area contributed by atoms with Crippen LogP contribution in [0.15, 0.2) is 0 Å². The molecule has 0 radical (unpaired) electrons. The molecule has 0 aromatic heterocycles. The van der Waals surface area contributed by atoms with E-state index in [4.69, 9.17) is 4.79 Å². The van der Waals surface area contributed by atoms with E-state index in [0.717, 1.165) is 6.29 Å². The second-order valence-corrected chi connectivity index (χ2v) is 0.236. The van der Waals surface area contributed by atoms with Gasteiger partial charge in [0.05, 0.1) is 0 Å². The molecule has 0 aliphatic rings. The quantitative estimate of drug-likeness (QED) is 0.328. The zero-order valence-corrected chi connectivity index (χ0v) is 2.99. The molecule has 0 aromatic rings. The third-order valence-corrected chi connectivity index (χ3v) is 0. The van der Waals surface area contributed by atoms with Gasteiger partial charge >= 0.3 is 0 Å². The molecular formula is C2H8O3. The van der Waals surface area contributed by atoms with Crippen molar-refractivity contribution in [2.24, 2.45) is 0 Å². The topological polar surface area (TPSA) is 80.1 Å². The average molecular weight is 80.1 g/mol. The predicted octanol–water partition coefficient (Wildman–Crippen LogP) is -1.44. The maximum Gasteiger partial charge on any atom is 0.116 e. The SMILES string of the molecule is CC=O.O.O. The van der Waals surface area contributed by atoms with E-state index in [9.17, 15) is 0 Å². The van der Waals surface area contributed by atoms with Crippen molar-refractivity contribution >= 4 is 6.29 Å². The second-order valence-electron chi connectivity index (χ2n) is 0.236. The van der Waals surface area contributed by atoms with E-state index in [0.29, 0.717) is 0 Å². The van der Waals surface area contributed by atoms with Crippen molar-refractivity contribution in [3.63, 3.8) is 0 Å². The third kappa shape index (κ3) is 54.0. The van der Waals surface area contributed by atoms with Crippen LogP contribution in [-0.4, -0.2) is 17.2 Å². The van der Waals surface area contributed by atoms with Gasteiger partial charge in [-0.05, 0) is 6.92 Å². The van der Waals surface area contributed by atoms with E-state index in [2.05, 4.69) is 0 Å². The third-order valence-electron chi connectivity index (χ3n) is 0. The highest BCUT2D eigenvalue weighted by atomic mass is 16.1. The fraction of sp³-hybridized carbons (Fsp3) is 0.500. The Balaban J connectivity index is -0.0000000200. The Morgan fingerprint density at radius 3 is 1.40 bits per heavy atom. The van der Waals surface area contributed by atoms with E-state index in [-0.39, 0.29) is 11.0 Å². The lowest BCUT2D eigenvalue weighted by Gasteiger charge is -1.23. The molecular weight excluding hydrogens is 72.0 g/mol. The molecule has 0 saturated carbocycles. The fourth-order valence-electron chi connectivity index (χ4n) is 0. The molecule has 0 aliphatic heterocycles. The van der Waals surface area contributed by atoms with Gasteiger partial charge in [0.15, 0.2) is 0 Å². The summed E-state index contributed by atoms with van der Waals surface area (Å²) < 4.78 is 0. The first-order valence-corrected chi connectivity index (χ1v) is 0.813. The highest BCUT2D eigenvalue weighted by Crippen LogP contribution is 1.13. The minimum atomic E-state index is 0. The van der Waals surface area contributed by atoms with Crippen LogP contribution in [0.25, 0.3) is 0 Å². The van der Waals surface area contributed by atoms with Crippen molar-refractivity contribution in [1.29, 1.82) is 0 Å². The molecule has 0 bridgehead atoms. The standard InChI is InChI=1S/C2H4O.2H2O/c1-2-3;;/h2H,1H3;2*1H2. The summed E-state index contributed by atoms with van der Waals surface area (Å²) in [6, 6.07) is 0. The summed E-state index contributed by atoms with van der Waals surface area (Å²) in [5.41, 5.74) is 0. The summed E-state index contributed by atoms with van der Waals surface area (Å²) in [6.45, 7) is 1.44. The smallest absolute Gasteiger partial charge is 0.116 e. The van der Waals surface area contributed by atoms with E-state index < -0.39 is 0 Å². The first kappa shape index (κ1) is 23.4. The monoisotopic (exact) mass is 80.0 g/mol. The summed E-state index contributed by atoms with van der Waals surface area (Å²) in [5.74, 6) is 0. The zero-order valence-electron chi connectivity index (χ0n) is 2.99. The largest absolute Gasteiger partial charge is 0.412 e. The molecule has 0 atom stereocenters. The first-order chi connectivity index (χ1) is 1.41. The Morgan fingerprint density at radius 2 is 1.40 bits per heavy atom. The normalized spacial score (nSPS) is 2.60. The van der Waals surface area contributed by atoms with Gasteiger partial charge in [-0.15, -0.1) is 0 Å². The van der Waals surface area contributed by atoms with Crippen molar-refractivity contribution in [3.8, 4) is 0 Å². The Hall–Kier alpha value is -0.410. The van der Waals surface area contributed by atoms with Crippen molar-refractivity contribution in [1.82, 2.24) is 0 Å². The van der Waals surface area contributed by atoms with Gasteiger partial charge in [-0.1, -0.05) is 0 Å². The molecule has 0 amide bonds. The number of carbonyl (C=O) groups excluding carboxylic acids is 1. The number of hydrogen-bond acceptors (Lipinski definition) is 1. The van der Waals surface area contributed by atoms with Crippen molar-refractivity contribution in [2.75, 3.05) is 0 Å². The highest BCUT2D eigenvalue weighted by Gasteiger charge is 1.24. The minimum Gasteiger partial charge on any atom is -0.412 e. The summed E-state index contributed by atoms with van der Waals surface area (Å²) in [4.78, 5) is 8.81. The van der Waals surface area contributed by atoms with Crippen LogP contribution in [0.4, 0.5) is 0 Å². The molecule has 0 saturated heterocycles. The van der Waals surface area contributed by atoms with Crippen LogP contribution in [0.2, 0.25) is 0 Å². The minimum absolute atomic E-state index is 0. The zero-order chi connectivity index (χ0) is 2.71. The lowest BCUT2D eigenvalue weighted by Crippen LogP contribution is -1.36. The van der Waals surface area contributed by atoms with Crippen molar-refractivity contribution < 1.29 is 15.7 Å². The average Bonchev–Trinajstić information content (AvgIpc) is 0.918. The number of carbonyl (C=O) groups is 1. The Labute approximate surface area is 30.2 Å². The molecule has 0 aliphatic carbocycles. The maximum atomic E-state index is 8.81. The summed E-state index contributed by atoms with van der Waals surface area (Å²) in [6.07, 6.45) is 0.750. The van der Waals surface area contributed by atoms with Gasteiger partial charge in [-0.2, -0.15) is 0 Å². The number of aldehydes is 1. The van der Waals surface area contributed by atoms with Crippen LogP contribution in [0.5, 0.6) is 0 Å². The van der Waals surface area contributed by atoms with E-state index >= 15 is 0 Å². The van der Waals surface area contributed by atoms with Gasteiger partial charge < -0.3 is 15.7 Å². The molecule has 0 spiro atoms. The summed E-state index contributed by atoms with van der Waals surface area (Å²) >= 11 is 0. The van der Waals surface area contributed by atoms with Gasteiger partial charge in [0.1, 0.15) is 6.29 Å². The van der Waals surface area contributed by atoms with E-state index in [1.54, 1.807) is 0 Å². The van der Waals surface area contributed by atoms with Crippen LogP contribution in [0.1, 0.15) is 6.92 Å². The first-order valence-electron chi connectivity index (χ1n) is 0.813. The molecule has 4 N–H and O–H groups in total. The number of hydrogen-bond donors (Lipinski definition) is 0. The Morgan fingerprint density at radius 1 is 1.40 bits per heavy atom. The van der Waals surface area contributed by atoms with Gasteiger partial charge in [0, 0.05) is 0 Å². The summed E-state index contributed by atoms with van der Waals surface area (Å²) in [5, 5.41) is 0. The van der Waals surface area contributed by atoms with Gasteiger partial charge in [-0.3, -0.25) is 0 Å². The molecule has 3 heteroatoms. The molecule has 0 aromatic carbocycles. The van der Waals surface area contributed by atoms with Crippen LogP contribution in [0.3, 0.4) is 0 Å². The Kier molecular flexibility index (Phi) is 324. The molecule has 5 heavy (non-hydrogen) atoms. The van der Waals surface area contributed by atoms with Crippen LogP contribution in [0, 0.1) is 0 Å². The van der Waals surface area contributed by atoms with Crippen LogP contribution in [-0.2, 0) is 4.79 Å². The van der Waals surface area contributed by atoms with Crippen molar-refractivity contribution in [3.05, 3.63) is 0 Å². The highest BCUT2D eigenvalue weighted by molar-refractivity contribution is 5.44. The van der Waals surface area contributed by atoms with Gasteiger partial charge in [-0.25, -0.2) is 0 Å². The molecule has 0 unspecified atom stereocenters. The van der Waals surface area contributed by atoms with Crippen LogP contribution < -0.4 is 0 Å². The molecule has 0 rings (SSSR count). The molecule has 0 fully saturated rings. The van der Waals surface area contributed by atoms with Crippen molar-refractivity contribution in [2.45, 2.75) is 6.92 Å². The maximum absolute atomic E-state index is 8.81. The Bertz CT molecular complexity index is 12.4. The molecule has 34 valence electrons. The molecule has 3 nitrogen and oxygen atoms in total. The predicted molar refractivity (Wildman–Crippen MR) is 19.0 cm³/mol. The second kappa shape index (κ2) is 69.2. The molecule has 0 heterocycles. The van der Waals surface area contributed by atoms with Gasteiger partial charge in [0.2, 0.25) is 0 Å². The lowest BCUT2D eigenvalue weighted by atomic mass is 11.0. The fourth-order valence-corrected chi connectivity index (χ4v) is 0. The summed E-state index contributed by atoms with van der Waals surface area (Å²) in [7, 11) is 0. The number of rotatable bonds is 0. The van der Waals surface area contributed by atoms with E-state index in [1.165, 1.54) is 6.92 Å². The lowest BCUT2D eigenvalue weighted by molar-refractivity contribution is -0.106.